The van der Waals surface area contributed by atoms with E-state index in [-0.39, 0.29) is 16.9 Å². The van der Waals surface area contributed by atoms with Crippen molar-refractivity contribution >= 4 is 16.0 Å². The molecule has 0 radical (unpaired) electrons. The van der Waals surface area contributed by atoms with Gasteiger partial charge in [-0.2, -0.15) is 0 Å². The van der Waals surface area contributed by atoms with Crippen molar-refractivity contribution in [2.24, 2.45) is 4.99 Å². The zero-order valence-electron chi connectivity index (χ0n) is 16.4. The first-order chi connectivity index (χ1) is 13.5. The molecule has 7 heteroatoms. The van der Waals surface area contributed by atoms with Crippen LogP contribution in [0.2, 0.25) is 0 Å². The van der Waals surface area contributed by atoms with Gasteiger partial charge in [0.15, 0.2) is 5.96 Å². The van der Waals surface area contributed by atoms with E-state index in [1.54, 1.807) is 31.3 Å². The molecule has 1 aliphatic carbocycles. The number of hydrogen-bond acceptors (Lipinski definition) is 3. The molecule has 0 spiro atoms. The van der Waals surface area contributed by atoms with Gasteiger partial charge in [0.05, 0.1) is 4.90 Å². The maximum absolute atomic E-state index is 12.3. The Bertz CT molecular complexity index is 905. The van der Waals surface area contributed by atoms with Gasteiger partial charge < -0.3 is 10.6 Å². The SMILES string of the molecule is CN=C(NCCNS(=O)(=O)c1ccc(C)cc1)NCC1(c2ccccc2)CC1. The van der Waals surface area contributed by atoms with Crippen LogP contribution in [-0.4, -0.2) is 41.1 Å². The Hall–Kier alpha value is -2.38. The Morgan fingerprint density at radius 2 is 1.68 bits per heavy atom. The van der Waals surface area contributed by atoms with Crippen molar-refractivity contribution in [2.75, 3.05) is 26.7 Å². The molecule has 3 rings (SSSR count). The van der Waals surface area contributed by atoms with Crippen LogP contribution in [0.25, 0.3) is 0 Å². The van der Waals surface area contributed by atoms with Gasteiger partial charge in [-0.25, -0.2) is 13.1 Å². The number of hydrogen-bond donors (Lipinski definition) is 3. The summed E-state index contributed by atoms with van der Waals surface area (Å²) in [6.45, 7) is 3.46. The Balaban J connectivity index is 1.44. The van der Waals surface area contributed by atoms with Gasteiger partial charge in [0.2, 0.25) is 10.0 Å². The largest absolute Gasteiger partial charge is 0.356 e. The maximum Gasteiger partial charge on any atom is 0.240 e. The van der Waals surface area contributed by atoms with Crippen molar-refractivity contribution in [1.29, 1.82) is 0 Å². The summed E-state index contributed by atoms with van der Waals surface area (Å²) >= 11 is 0. The summed E-state index contributed by atoms with van der Waals surface area (Å²) in [6, 6.07) is 17.3. The Kier molecular flexibility index (Phi) is 6.36. The number of guanidine groups is 1. The summed E-state index contributed by atoms with van der Waals surface area (Å²) in [5, 5.41) is 6.53. The average molecular weight is 401 g/mol. The molecule has 0 unspecified atom stereocenters. The van der Waals surface area contributed by atoms with Gasteiger partial charge in [0.25, 0.3) is 0 Å². The van der Waals surface area contributed by atoms with Gasteiger partial charge in [-0.15, -0.1) is 0 Å². The second kappa shape index (κ2) is 8.75. The second-order valence-corrected chi connectivity index (χ2v) is 8.98. The van der Waals surface area contributed by atoms with Gasteiger partial charge in [-0.1, -0.05) is 48.0 Å². The number of sulfonamides is 1. The fraction of sp³-hybridized carbons (Fsp3) is 0.381. The molecule has 0 amide bonds. The maximum atomic E-state index is 12.3. The number of nitrogens with zero attached hydrogens (tertiary/aromatic N) is 1. The molecule has 0 aliphatic heterocycles. The topological polar surface area (TPSA) is 82.6 Å². The fourth-order valence-corrected chi connectivity index (χ4v) is 4.18. The average Bonchev–Trinajstić information content (AvgIpc) is 3.50. The van der Waals surface area contributed by atoms with Gasteiger partial charge in [-0.3, -0.25) is 4.99 Å². The van der Waals surface area contributed by atoms with Gasteiger partial charge >= 0.3 is 0 Å². The van der Waals surface area contributed by atoms with Crippen molar-refractivity contribution in [3.63, 3.8) is 0 Å². The minimum Gasteiger partial charge on any atom is -0.356 e. The number of aryl methyl sites for hydroxylation is 1. The Morgan fingerprint density at radius 1 is 1.00 bits per heavy atom. The lowest BCUT2D eigenvalue weighted by Gasteiger charge is -2.19. The summed E-state index contributed by atoms with van der Waals surface area (Å²) in [4.78, 5) is 4.51. The molecule has 150 valence electrons. The predicted molar refractivity (Wildman–Crippen MR) is 113 cm³/mol. The molecule has 3 N–H and O–H groups in total. The van der Waals surface area contributed by atoms with Gasteiger partial charge in [0.1, 0.15) is 0 Å². The van der Waals surface area contributed by atoms with E-state index in [0.717, 1.165) is 24.9 Å². The van der Waals surface area contributed by atoms with Crippen LogP contribution in [-0.2, 0) is 15.4 Å². The van der Waals surface area contributed by atoms with Crippen molar-refractivity contribution < 1.29 is 8.42 Å². The molecule has 28 heavy (non-hydrogen) atoms. The zero-order chi connectivity index (χ0) is 20.0. The predicted octanol–water partition coefficient (Wildman–Crippen LogP) is 2.17. The molecule has 0 saturated heterocycles. The molecule has 0 aromatic heterocycles. The monoisotopic (exact) mass is 400 g/mol. The van der Waals surface area contributed by atoms with E-state index in [0.29, 0.717) is 12.5 Å². The molecule has 0 bridgehead atoms. The number of aliphatic imine (C=N–C) groups is 1. The van der Waals surface area contributed by atoms with E-state index >= 15 is 0 Å². The first-order valence-electron chi connectivity index (χ1n) is 9.52. The fourth-order valence-electron chi connectivity index (χ4n) is 3.15. The quantitative estimate of drug-likeness (QED) is 0.360. The Morgan fingerprint density at radius 3 is 2.29 bits per heavy atom. The molecular formula is C21H28N4O2S. The van der Waals surface area contributed by atoms with Crippen molar-refractivity contribution in [3.8, 4) is 0 Å². The van der Waals surface area contributed by atoms with Gasteiger partial charge in [-0.05, 0) is 37.5 Å². The zero-order valence-corrected chi connectivity index (χ0v) is 17.2. The summed E-state index contributed by atoms with van der Waals surface area (Å²) in [5.74, 6) is 0.678. The van der Waals surface area contributed by atoms with E-state index < -0.39 is 10.0 Å². The van der Waals surface area contributed by atoms with Crippen LogP contribution in [0.5, 0.6) is 0 Å². The molecule has 0 atom stereocenters. The molecule has 1 saturated carbocycles. The van der Waals surface area contributed by atoms with Crippen LogP contribution in [0, 0.1) is 6.92 Å². The van der Waals surface area contributed by atoms with E-state index in [1.807, 2.05) is 13.0 Å². The van der Waals surface area contributed by atoms with E-state index in [4.69, 9.17) is 0 Å². The summed E-state index contributed by atoms with van der Waals surface area (Å²) in [7, 11) is -1.78. The molecule has 1 aliphatic rings. The third-order valence-electron chi connectivity index (χ3n) is 5.10. The number of nitrogens with one attached hydrogen (secondary N) is 3. The van der Waals surface area contributed by atoms with E-state index in [9.17, 15) is 8.42 Å². The van der Waals surface area contributed by atoms with E-state index in [2.05, 4.69) is 44.6 Å². The lowest BCUT2D eigenvalue weighted by molar-refractivity contribution is 0.580. The normalized spacial score (nSPS) is 15.9. The van der Waals surface area contributed by atoms with Crippen LogP contribution >= 0.6 is 0 Å². The third kappa shape index (κ3) is 5.11. The standard InChI is InChI=1S/C21H28N4O2S/c1-17-8-10-19(11-9-17)28(26,27)25-15-14-23-20(22-2)24-16-21(12-13-21)18-6-4-3-5-7-18/h3-11,25H,12-16H2,1-2H3,(H2,22,23,24). The van der Waals surface area contributed by atoms with Gasteiger partial charge in [0, 0.05) is 32.1 Å². The first-order valence-corrected chi connectivity index (χ1v) is 11.0. The van der Waals surface area contributed by atoms with Crippen molar-refractivity contribution in [1.82, 2.24) is 15.4 Å². The lowest BCUT2D eigenvalue weighted by atomic mass is 9.96. The molecule has 2 aromatic rings. The van der Waals surface area contributed by atoms with E-state index in [1.165, 1.54) is 5.56 Å². The number of benzene rings is 2. The summed E-state index contributed by atoms with van der Waals surface area (Å²) < 4.78 is 27.2. The minimum atomic E-state index is -3.49. The molecule has 6 nitrogen and oxygen atoms in total. The minimum absolute atomic E-state index is 0.186. The first kappa shape index (κ1) is 20.4. The second-order valence-electron chi connectivity index (χ2n) is 7.21. The van der Waals surface area contributed by atoms with Crippen LogP contribution in [0.3, 0.4) is 0 Å². The summed E-state index contributed by atoms with van der Waals surface area (Å²) in [5.41, 5.74) is 2.56. The highest BCUT2D eigenvalue weighted by Gasteiger charge is 2.43. The number of rotatable bonds is 8. The smallest absolute Gasteiger partial charge is 0.240 e. The third-order valence-corrected chi connectivity index (χ3v) is 6.58. The highest BCUT2D eigenvalue weighted by molar-refractivity contribution is 7.89. The Labute approximate surface area is 167 Å². The molecular weight excluding hydrogens is 372 g/mol. The molecule has 1 fully saturated rings. The van der Waals surface area contributed by atoms with Crippen molar-refractivity contribution in [3.05, 3.63) is 65.7 Å². The highest BCUT2D eigenvalue weighted by Crippen LogP contribution is 2.47. The van der Waals surface area contributed by atoms with Crippen LogP contribution in [0.1, 0.15) is 24.0 Å². The van der Waals surface area contributed by atoms with Crippen molar-refractivity contribution in [2.45, 2.75) is 30.1 Å². The highest BCUT2D eigenvalue weighted by atomic mass is 32.2. The summed E-state index contributed by atoms with van der Waals surface area (Å²) in [6.07, 6.45) is 2.33. The van der Waals surface area contributed by atoms with Crippen LogP contribution in [0.4, 0.5) is 0 Å². The molecule has 2 aromatic carbocycles. The lowest BCUT2D eigenvalue weighted by Crippen LogP contribution is -2.44. The molecule has 0 heterocycles. The van der Waals surface area contributed by atoms with Crippen LogP contribution in [0.15, 0.2) is 64.5 Å². The van der Waals surface area contributed by atoms with Crippen LogP contribution < -0.4 is 15.4 Å².